The third-order valence-corrected chi connectivity index (χ3v) is 6.76. The minimum atomic E-state index is -3.71. The molecule has 0 aromatic heterocycles. The van der Waals surface area contributed by atoms with Crippen LogP contribution in [0.2, 0.25) is 0 Å². The molecule has 1 N–H and O–H groups in total. The van der Waals surface area contributed by atoms with Crippen molar-refractivity contribution >= 4 is 25.5 Å². The maximum absolute atomic E-state index is 12.4. The van der Waals surface area contributed by atoms with E-state index in [4.69, 9.17) is 0 Å². The van der Waals surface area contributed by atoms with Gasteiger partial charge in [-0.25, -0.2) is 16.8 Å². The van der Waals surface area contributed by atoms with E-state index in [1.165, 1.54) is 24.3 Å². The third kappa shape index (κ3) is 3.92. The van der Waals surface area contributed by atoms with E-state index in [1.807, 2.05) is 13.8 Å². The molecule has 0 saturated carbocycles. The fourth-order valence-corrected chi connectivity index (χ4v) is 4.02. The van der Waals surface area contributed by atoms with Gasteiger partial charge in [0.2, 0.25) is 0 Å². The number of sulfonamides is 1. The number of nitrogens with one attached hydrogen (secondary N) is 1. The molecule has 0 aliphatic carbocycles. The normalized spacial score (nSPS) is 12.1. The van der Waals surface area contributed by atoms with Crippen molar-refractivity contribution in [1.82, 2.24) is 0 Å². The quantitative estimate of drug-likeness (QED) is 0.896. The van der Waals surface area contributed by atoms with Crippen LogP contribution < -0.4 is 4.72 Å². The molecule has 2 rings (SSSR count). The molecule has 23 heavy (non-hydrogen) atoms. The maximum atomic E-state index is 12.4. The summed E-state index contributed by atoms with van der Waals surface area (Å²) in [6, 6.07) is 10.6. The summed E-state index contributed by atoms with van der Waals surface area (Å²) in [5.41, 5.74) is 2.22. The van der Waals surface area contributed by atoms with Crippen LogP contribution in [0.15, 0.2) is 52.3 Å². The molecule has 0 aliphatic heterocycles. The summed E-state index contributed by atoms with van der Waals surface area (Å²) in [5, 5.41) is 0. The predicted molar refractivity (Wildman–Crippen MR) is 90.9 cm³/mol. The number of benzene rings is 2. The van der Waals surface area contributed by atoms with Crippen molar-refractivity contribution in [2.75, 3.05) is 10.5 Å². The Morgan fingerprint density at radius 2 is 1.39 bits per heavy atom. The minimum Gasteiger partial charge on any atom is -0.280 e. The van der Waals surface area contributed by atoms with Crippen LogP contribution in [0.4, 0.5) is 5.69 Å². The summed E-state index contributed by atoms with van der Waals surface area (Å²) in [7, 11) is -7.00. The molecule has 0 saturated heterocycles. The molecule has 5 nitrogen and oxygen atoms in total. The van der Waals surface area contributed by atoms with Gasteiger partial charge in [0, 0.05) is 5.69 Å². The lowest BCUT2D eigenvalue weighted by Crippen LogP contribution is -2.13. The van der Waals surface area contributed by atoms with Crippen molar-refractivity contribution in [3.8, 4) is 0 Å². The summed E-state index contributed by atoms with van der Waals surface area (Å²) in [6.45, 7) is 5.32. The molecule has 0 amide bonds. The lowest BCUT2D eigenvalue weighted by Gasteiger charge is -2.10. The van der Waals surface area contributed by atoms with E-state index in [0.29, 0.717) is 5.69 Å². The molecule has 0 bridgehead atoms. The Morgan fingerprint density at radius 1 is 0.826 bits per heavy atom. The maximum Gasteiger partial charge on any atom is 0.261 e. The SMILES string of the molecule is CCS(=O)(=O)c1ccc(NS(=O)(=O)c2ccc(C)c(C)c2)cc1. The molecule has 0 unspecified atom stereocenters. The van der Waals surface area contributed by atoms with Crippen LogP contribution in [0, 0.1) is 13.8 Å². The zero-order valence-electron chi connectivity index (χ0n) is 13.2. The Hall–Kier alpha value is -1.86. The number of sulfone groups is 1. The van der Waals surface area contributed by atoms with Crippen LogP contribution in [0.25, 0.3) is 0 Å². The highest BCUT2D eigenvalue weighted by molar-refractivity contribution is 7.92. The summed E-state index contributed by atoms with van der Waals surface area (Å²) in [4.78, 5) is 0.347. The number of rotatable bonds is 5. The van der Waals surface area contributed by atoms with Gasteiger partial charge in [0.05, 0.1) is 15.5 Å². The number of hydrogen-bond acceptors (Lipinski definition) is 4. The number of anilines is 1. The molecule has 2 aromatic carbocycles. The third-order valence-electron chi connectivity index (χ3n) is 3.63. The van der Waals surface area contributed by atoms with E-state index in [1.54, 1.807) is 25.1 Å². The largest absolute Gasteiger partial charge is 0.280 e. The fraction of sp³-hybridized carbons (Fsp3) is 0.250. The summed E-state index contributed by atoms with van der Waals surface area (Å²) < 4.78 is 50.7. The molecule has 0 fully saturated rings. The van der Waals surface area contributed by atoms with Gasteiger partial charge in [0.15, 0.2) is 9.84 Å². The van der Waals surface area contributed by atoms with Gasteiger partial charge in [-0.05, 0) is 61.4 Å². The second kappa shape index (κ2) is 6.33. The van der Waals surface area contributed by atoms with Crippen molar-refractivity contribution in [2.45, 2.75) is 30.6 Å². The Balaban J connectivity index is 2.29. The molecule has 124 valence electrons. The molecule has 2 aromatic rings. The summed E-state index contributed by atoms with van der Waals surface area (Å²) >= 11 is 0. The molecule has 0 heterocycles. The Morgan fingerprint density at radius 3 is 1.91 bits per heavy atom. The first-order valence-corrected chi connectivity index (χ1v) is 10.2. The monoisotopic (exact) mass is 353 g/mol. The van der Waals surface area contributed by atoms with Crippen LogP contribution in [0.1, 0.15) is 18.1 Å². The van der Waals surface area contributed by atoms with Gasteiger partial charge in [-0.1, -0.05) is 13.0 Å². The number of aryl methyl sites for hydroxylation is 2. The van der Waals surface area contributed by atoms with Crippen molar-refractivity contribution in [3.63, 3.8) is 0 Å². The molecule has 7 heteroatoms. The Labute approximate surface area is 137 Å². The van der Waals surface area contributed by atoms with Crippen molar-refractivity contribution in [1.29, 1.82) is 0 Å². The zero-order valence-corrected chi connectivity index (χ0v) is 14.8. The van der Waals surface area contributed by atoms with Crippen molar-refractivity contribution in [2.24, 2.45) is 0 Å². The van der Waals surface area contributed by atoms with Gasteiger partial charge >= 0.3 is 0 Å². The predicted octanol–water partition coefficient (Wildman–Crippen LogP) is 2.90. The van der Waals surface area contributed by atoms with Crippen LogP contribution >= 0.6 is 0 Å². The van der Waals surface area contributed by atoms with E-state index in [0.717, 1.165) is 11.1 Å². The topological polar surface area (TPSA) is 80.3 Å². The molecular weight excluding hydrogens is 334 g/mol. The fourth-order valence-electron chi connectivity index (χ4n) is 1.99. The first-order valence-electron chi connectivity index (χ1n) is 7.08. The van der Waals surface area contributed by atoms with Gasteiger partial charge in [0.25, 0.3) is 10.0 Å². The van der Waals surface area contributed by atoms with Gasteiger partial charge in [0.1, 0.15) is 0 Å². The van der Waals surface area contributed by atoms with E-state index in [2.05, 4.69) is 4.72 Å². The average Bonchev–Trinajstić information content (AvgIpc) is 2.50. The molecule has 0 radical (unpaired) electrons. The average molecular weight is 353 g/mol. The van der Waals surface area contributed by atoms with E-state index >= 15 is 0 Å². The summed E-state index contributed by atoms with van der Waals surface area (Å²) in [6.07, 6.45) is 0. The van der Waals surface area contributed by atoms with E-state index < -0.39 is 19.9 Å². The van der Waals surface area contributed by atoms with Gasteiger partial charge in [-0.15, -0.1) is 0 Å². The highest BCUT2D eigenvalue weighted by Crippen LogP contribution is 2.20. The standard InChI is InChI=1S/C16H19NO4S2/c1-4-22(18,19)15-9-6-14(7-10-15)17-23(20,21)16-8-5-12(2)13(3)11-16/h5-11,17H,4H2,1-3H3. The van der Waals surface area contributed by atoms with Crippen LogP contribution in [0.3, 0.4) is 0 Å². The smallest absolute Gasteiger partial charge is 0.261 e. The molecular formula is C16H19NO4S2. The number of hydrogen-bond donors (Lipinski definition) is 1. The van der Waals surface area contributed by atoms with Crippen LogP contribution in [0.5, 0.6) is 0 Å². The molecule has 0 atom stereocenters. The van der Waals surface area contributed by atoms with Crippen molar-refractivity contribution in [3.05, 3.63) is 53.6 Å². The van der Waals surface area contributed by atoms with Gasteiger partial charge < -0.3 is 0 Å². The van der Waals surface area contributed by atoms with Crippen LogP contribution in [-0.4, -0.2) is 22.6 Å². The van der Waals surface area contributed by atoms with Crippen LogP contribution in [-0.2, 0) is 19.9 Å². The molecule has 0 aliphatic rings. The lowest BCUT2D eigenvalue weighted by atomic mass is 10.1. The first kappa shape index (κ1) is 17.5. The highest BCUT2D eigenvalue weighted by Gasteiger charge is 2.16. The minimum absolute atomic E-state index is 0.000711. The zero-order chi connectivity index (χ0) is 17.3. The second-order valence-corrected chi connectivity index (χ2v) is 9.24. The van der Waals surface area contributed by atoms with E-state index in [-0.39, 0.29) is 15.5 Å². The Kier molecular flexibility index (Phi) is 4.81. The van der Waals surface area contributed by atoms with Gasteiger partial charge in [-0.2, -0.15) is 0 Å². The summed E-state index contributed by atoms with van der Waals surface area (Å²) in [5.74, 6) is 0.000711. The van der Waals surface area contributed by atoms with Crippen molar-refractivity contribution < 1.29 is 16.8 Å². The Bertz CT molecular complexity index is 915. The van der Waals surface area contributed by atoms with E-state index in [9.17, 15) is 16.8 Å². The van der Waals surface area contributed by atoms with Gasteiger partial charge in [-0.3, -0.25) is 4.72 Å². The molecule has 0 spiro atoms. The lowest BCUT2D eigenvalue weighted by molar-refractivity contribution is 0.597. The highest BCUT2D eigenvalue weighted by atomic mass is 32.2. The second-order valence-electron chi connectivity index (χ2n) is 5.28. The first-order chi connectivity index (χ1) is 10.7.